The van der Waals surface area contributed by atoms with Crippen molar-refractivity contribution in [1.82, 2.24) is 10.3 Å². The molecule has 0 aliphatic heterocycles. The lowest BCUT2D eigenvalue weighted by atomic mass is 10.1. The van der Waals surface area contributed by atoms with E-state index in [4.69, 9.17) is 4.74 Å². The fourth-order valence-electron chi connectivity index (χ4n) is 2.91. The Balaban J connectivity index is 2.04. The molecule has 1 amide bonds. The molecule has 0 spiro atoms. The second-order valence-electron chi connectivity index (χ2n) is 6.37. The lowest BCUT2D eigenvalue weighted by Gasteiger charge is -2.18. The molecule has 138 valence electrons. The maximum absolute atomic E-state index is 12.4. The molecule has 2 rings (SSSR count). The molecule has 6 heteroatoms. The van der Waals surface area contributed by atoms with Crippen LogP contribution in [0.5, 0.6) is 0 Å². The van der Waals surface area contributed by atoms with E-state index in [-0.39, 0.29) is 23.4 Å². The van der Waals surface area contributed by atoms with Gasteiger partial charge in [-0.15, -0.1) is 0 Å². The largest absolute Gasteiger partial charge is 0.448 e. The Hall–Kier alpha value is -2.89. The smallest absolute Gasteiger partial charge is 0.355 e. The Morgan fingerprint density at radius 2 is 1.69 bits per heavy atom. The Kier molecular flexibility index (Phi) is 5.97. The number of Topliss-reactive ketones (excluding diaryl/α,β-unsaturated/α-hetero) is 1. The zero-order chi connectivity index (χ0) is 19.4. The first-order valence-corrected chi connectivity index (χ1v) is 8.48. The van der Waals surface area contributed by atoms with Crippen molar-refractivity contribution < 1.29 is 19.1 Å². The van der Waals surface area contributed by atoms with Gasteiger partial charge in [-0.05, 0) is 45.7 Å². The Morgan fingerprint density at radius 1 is 1.08 bits per heavy atom. The van der Waals surface area contributed by atoms with Gasteiger partial charge in [-0.1, -0.05) is 30.3 Å². The molecule has 0 aliphatic rings. The molecule has 2 aromatic rings. The summed E-state index contributed by atoms with van der Waals surface area (Å²) in [6.07, 6.45) is -0.961. The first-order chi connectivity index (χ1) is 12.2. The average molecular weight is 356 g/mol. The molecule has 1 aromatic carbocycles. The summed E-state index contributed by atoms with van der Waals surface area (Å²) in [5.74, 6) is -1.17. The molecule has 0 aliphatic carbocycles. The number of hydrogen-bond donors (Lipinski definition) is 2. The first-order valence-electron chi connectivity index (χ1n) is 8.48. The summed E-state index contributed by atoms with van der Waals surface area (Å²) >= 11 is 0. The predicted molar refractivity (Wildman–Crippen MR) is 98.1 cm³/mol. The SMILES string of the molecule is CC(=O)c1c(C)[nH]c(C(=O)O[C@H](C)C(=O)N[C@H](C)c2ccccc2)c1C. The van der Waals surface area contributed by atoms with Gasteiger partial charge in [-0.2, -0.15) is 0 Å². The van der Waals surface area contributed by atoms with Gasteiger partial charge in [-0.25, -0.2) is 4.79 Å². The molecule has 1 heterocycles. The molecule has 1 aromatic heterocycles. The summed E-state index contributed by atoms with van der Waals surface area (Å²) in [5.41, 5.74) is 2.78. The van der Waals surface area contributed by atoms with Gasteiger partial charge < -0.3 is 15.0 Å². The number of carbonyl (C=O) groups is 3. The number of aryl methyl sites for hydroxylation is 1. The molecule has 0 bridgehead atoms. The lowest BCUT2D eigenvalue weighted by molar-refractivity contribution is -0.129. The van der Waals surface area contributed by atoms with Crippen molar-refractivity contribution in [2.75, 3.05) is 0 Å². The number of amides is 1. The van der Waals surface area contributed by atoms with Crippen LogP contribution in [0.4, 0.5) is 0 Å². The first kappa shape index (κ1) is 19.4. The van der Waals surface area contributed by atoms with Crippen LogP contribution < -0.4 is 5.32 Å². The summed E-state index contributed by atoms with van der Waals surface area (Å²) in [6.45, 7) is 8.22. The molecular weight excluding hydrogens is 332 g/mol. The number of rotatable bonds is 6. The van der Waals surface area contributed by atoms with E-state index in [1.54, 1.807) is 13.8 Å². The van der Waals surface area contributed by atoms with Crippen molar-refractivity contribution in [1.29, 1.82) is 0 Å². The second-order valence-corrected chi connectivity index (χ2v) is 6.37. The number of ether oxygens (including phenoxy) is 1. The second kappa shape index (κ2) is 7.99. The van der Waals surface area contributed by atoms with Gasteiger partial charge in [0.1, 0.15) is 5.69 Å². The number of nitrogens with one attached hydrogen (secondary N) is 2. The van der Waals surface area contributed by atoms with Crippen LogP contribution in [0.25, 0.3) is 0 Å². The molecule has 2 N–H and O–H groups in total. The summed E-state index contributed by atoms with van der Waals surface area (Å²) in [6, 6.07) is 9.31. The number of hydrogen-bond acceptors (Lipinski definition) is 4. The normalized spacial score (nSPS) is 13.0. The van der Waals surface area contributed by atoms with Crippen LogP contribution in [0.15, 0.2) is 30.3 Å². The van der Waals surface area contributed by atoms with Crippen LogP contribution in [-0.4, -0.2) is 28.7 Å². The van der Waals surface area contributed by atoms with Crippen LogP contribution in [-0.2, 0) is 9.53 Å². The monoisotopic (exact) mass is 356 g/mol. The molecule has 0 radical (unpaired) electrons. The highest BCUT2D eigenvalue weighted by Crippen LogP contribution is 2.20. The molecule has 26 heavy (non-hydrogen) atoms. The van der Waals surface area contributed by atoms with Gasteiger partial charge in [0.25, 0.3) is 5.91 Å². The molecule has 2 atom stereocenters. The molecular formula is C20H24N2O4. The maximum Gasteiger partial charge on any atom is 0.355 e. The van der Waals surface area contributed by atoms with Crippen molar-refractivity contribution in [2.45, 2.75) is 46.8 Å². The van der Waals surface area contributed by atoms with E-state index < -0.39 is 12.1 Å². The minimum absolute atomic E-state index is 0.127. The summed E-state index contributed by atoms with van der Waals surface area (Å²) in [5, 5.41) is 2.82. The Bertz CT molecular complexity index is 824. The van der Waals surface area contributed by atoms with Crippen molar-refractivity contribution in [2.24, 2.45) is 0 Å². The zero-order valence-electron chi connectivity index (χ0n) is 15.7. The van der Waals surface area contributed by atoms with E-state index in [0.717, 1.165) is 5.56 Å². The van der Waals surface area contributed by atoms with Crippen LogP contribution in [0.1, 0.15) is 64.5 Å². The van der Waals surface area contributed by atoms with E-state index >= 15 is 0 Å². The molecule has 0 saturated carbocycles. The Morgan fingerprint density at radius 3 is 2.23 bits per heavy atom. The number of aromatic nitrogens is 1. The standard InChI is InChI=1S/C20H24N2O4/c1-11-17(14(4)23)13(3)21-18(11)20(25)26-15(5)19(24)22-12(2)16-9-7-6-8-10-16/h6-10,12,15,21H,1-5H3,(H,22,24)/t12-,15-/m1/s1. The van der Waals surface area contributed by atoms with Gasteiger partial charge in [0, 0.05) is 11.3 Å². The molecule has 0 unspecified atom stereocenters. The summed E-state index contributed by atoms with van der Waals surface area (Å²) in [7, 11) is 0. The quantitative estimate of drug-likeness (QED) is 0.614. The topological polar surface area (TPSA) is 88.3 Å². The van der Waals surface area contributed by atoms with Gasteiger partial charge >= 0.3 is 5.97 Å². The number of esters is 1. The molecule has 0 saturated heterocycles. The van der Waals surface area contributed by atoms with E-state index in [1.165, 1.54) is 13.8 Å². The van der Waals surface area contributed by atoms with Crippen molar-refractivity contribution in [3.63, 3.8) is 0 Å². The van der Waals surface area contributed by atoms with Crippen LogP contribution in [0.3, 0.4) is 0 Å². The van der Waals surface area contributed by atoms with Crippen molar-refractivity contribution in [3.8, 4) is 0 Å². The fourth-order valence-corrected chi connectivity index (χ4v) is 2.91. The van der Waals surface area contributed by atoms with Crippen LogP contribution in [0, 0.1) is 13.8 Å². The number of ketones is 1. The highest BCUT2D eigenvalue weighted by molar-refractivity contribution is 6.01. The Labute approximate surface area is 152 Å². The fraction of sp³-hybridized carbons (Fsp3) is 0.350. The lowest BCUT2D eigenvalue weighted by Crippen LogP contribution is -2.37. The molecule has 6 nitrogen and oxygen atoms in total. The summed E-state index contributed by atoms with van der Waals surface area (Å²) < 4.78 is 5.27. The van der Waals surface area contributed by atoms with Crippen LogP contribution in [0.2, 0.25) is 0 Å². The minimum atomic E-state index is -0.961. The van der Waals surface area contributed by atoms with Gasteiger partial charge in [0.05, 0.1) is 6.04 Å². The highest BCUT2D eigenvalue weighted by Gasteiger charge is 2.25. The number of carbonyl (C=O) groups excluding carboxylic acids is 3. The zero-order valence-corrected chi connectivity index (χ0v) is 15.7. The van der Waals surface area contributed by atoms with E-state index in [9.17, 15) is 14.4 Å². The third-order valence-electron chi connectivity index (χ3n) is 4.31. The van der Waals surface area contributed by atoms with Gasteiger partial charge in [-0.3, -0.25) is 9.59 Å². The maximum atomic E-state index is 12.4. The molecule has 0 fully saturated rings. The highest BCUT2D eigenvalue weighted by atomic mass is 16.5. The van der Waals surface area contributed by atoms with E-state index in [1.807, 2.05) is 37.3 Å². The van der Waals surface area contributed by atoms with E-state index in [2.05, 4.69) is 10.3 Å². The number of benzene rings is 1. The van der Waals surface area contributed by atoms with E-state index in [0.29, 0.717) is 16.8 Å². The number of aromatic amines is 1. The average Bonchev–Trinajstić information content (AvgIpc) is 2.90. The van der Waals surface area contributed by atoms with Gasteiger partial charge in [0.15, 0.2) is 11.9 Å². The third-order valence-corrected chi connectivity index (χ3v) is 4.31. The van der Waals surface area contributed by atoms with Crippen LogP contribution >= 0.6 is 0 Å². The number of H-pyrrole nitrogens is 1. The third kappa shape index (κ3) is 4.20. The van der Waals surface area contributed by atoms with Gasteiger partial charge in [0.2, 0.25) is 0 Å². The summed E-state index contributed by atoms with van der Waals surface area (Å²) in [4.78, 5) is 39.2. The minimum Gasteiger partial charge on any atom is -0.448 e. The predicted octanol–water partition coefficient (Wildman–Crippen LogP) is 3.26. The van der Waals surface area contributed by atoms with Crippen molar-refractivity contribution in [3.05, 3.63) is 58.4 Å². The van der Waals surface area contributed by atoms with Crippen molar-refractivity contribution >= 4 is 17.7 Å².